The van der Waals surface area contributed by atoms with Crippen LogP contribution in [0.1, 0.15) is 16.5 Å². The average molecular weight is 345 g/mol. The van der Waals surface area contributed by atoms with Crippen molar-refractivity contribution in [3.05, 3.63) is 67.8 Å². The van der Waals surface area contributed by atoms with Crippen molar-refractivity contribution in [3.8, 4) is 0 Å². The Bertz CT molecular complexity index is 954. The lowest BCUT2D eigenvalue weighted by atomic mass is 10.2. The van der Waals surface area contributed by atoms with Gasteiger partial charge in [-0.15, -0.1) is 11.3 Å². The highest BCUT2D eigenvalue weighted by Crippen LogP contribution is 2.29. The minimum Gasteiger partial charge on any atom is -0.386 e. The van der Waals surface area contributed by atoms with Crippen molar-refractivity contribution >= 4 is 21.4 Å². The van der Waals surface area contributed by atoms with Crippen LogP contribution < -0.4 is 16.6 Å². The van der Waals surface area contributed by atoms with Crippen LogP contribution in [0.25, 0.3) is 10.1 Å². The number of thiophene rings is 1. The number of fused-ring (bicyclic) bond motifs is 1. The second-order valence-electron chi connectivity index (χ2n) is 5.75. The molecular weight excluding hydrogens is 326 g/mol. The lowest BCUT2D eigenvalue weighted by Gasteiger charge is -2.11. The number of nitrogens with one attached hydrogen (secondary N) is 1. The Morgan fingerprint density at radius 2 is 2.00 bits per heavy atom. The molecule has 0 aliphatic heterocycles. The van der Waals surface area contributed by atoms with Gasteiger partial charge in [0.25, 0.3) is 5.56 Å². The standard InChI is InChI=1S/C17H19N3O3S/c1-19-10-12(16(22)20(2)17(19)23)8-18-9-13(21)15-7-11-5-3-4-6-14(11)24-15/h3-7,10,13,18,21H,8-9H2,1-2H3. The predicted molar refractivity (Wildman–Crippen MR) is 95.4 cm³/mol. The van der Waals surface area contributed by atoms with Crippen LogP contribution in [0.5, 0.6) is 0 Å². The van der Waals surface area contributed by atoms with Crippen LogP contribution in [0.3, 0.4) is 0 Å². The molecule has 126 valence electrons. The molecular formula is C17H19N3O3S. The van der Waals surface area contributed by atoms with E-state index in [2.05, 4.69) is 5.32 Å². The molecule has 2 N–H and O–H groups in total. The molecule has 6 nitrogen and oxygen atoms in total. The molecule has 0 spiro atoms. The van der Waals surface area contributed by atoms with Crippen molar-refractivity contribution in [1.29, 1.82) is 0 Å². The molecule has 24 heavy (non-hydrogen) atoms. The van der Waals surface area contributed by atoms with Gasteiger partial charge < -0.3 is 15.0 Å². The van der Waals surface area contributed by atoms with Crippen LogP contribution in [0.2, 0.25) is 0 Å². The molecule has 2 aromatic heterocycles. The molecule has 3 aromatic rings. The highest BCUT2D eigenvalue weighted by Gasteiger charge is 2.12. The summed E-state index contributed by atoms with van der Waals surface area (Å²) in [5, 5.41) is 14.5. The predicted octanol–water partition coefficient (Wildman–Crippen LogP) is 1.12. The molecule has 1 unspecified atom stereocenters. The number of aliphatic hydroxyl groups excluding tert-OH is 1. The summed E-state index contributed by atoms with van der Waals surface area (Å²) in [4.78, 5) is 24.6. The molecule has 0 fully saturated rings. The SMILES string of the molecule is Cn1cc(CNCC(O)c2cc3ccccc3s2)c(=O)n(C)c1=O. The number of rotatable bonds is 5. The van der Waals surface area contributed by atoms with E-state index in [1.54, 1.807) is 18.4 Å². The summed E-state index contributed by atoms with van der Waals surface area (Å²) in [6.45, 7) is 0.627. The van der Waals surface area contributed by atoms with Gasteiger partial charge in [-0.3, -0.25) is 9.36 Å². The summed E-state index contributed by atoms with van der Waals surface area (Å²) in [6.07, 6.45) is 0.891. The van der Waals surface area contributed by atoms with Crippen LogP contribution in [-0.2, 0) is 20.6 Å². The summed E-state index contributed by atoms with van der Waals surface area (Å²) in [5.41, 5.74) is -0.181. The second-order valence-corrected chi connectivity index (χ2v) is 6.86. The van der Waals surface area contributed by atoms with Crippen molar-refractivity contribution in [2.24, 2.45) is 14.1 Å². The summed E-state index contributed by atoms with van der Waals surface area (Å²) < 4.78 is 3.60. The zero-order valence-electron chi connectivity index (χ0n) is 13.5. The number of nitrogens with zero attached hydrogens (tertiary/aromatic N) is 2. The number of hydrogen-bond donors (Lipinski definition) is 2. The molecule has 1 aromatic carbocycles. The Labute approximate surface area is 142 Å². The van der Waals surface area contributed by atoms with Crippen molar-refractivity contribution in [3.63, 3.8) is 0 Å². The van der Waals surface area contributed by atoms with Crippen LogP contribution in [0.4, 0.5) is 0 Å². The topological polar surface area (TPSA) is 76.3 Å². The van der Waals surface area contributed by atoms with Crippen molar-refractivity contribution in [2.45, 2.75) is 12.6 Å². The zero-order valence-corrected chi connectivity index (χ0v) is 14.3. The van der Waals surface area contributed by atoms with E-state index in [9.17, 15) is 14.7 Å². The minimum atomic E-state index is -0.640. The van der Waals surface area contributed by atoms with E-state index in [1.807, 2.05) is 30.3 Å². The number of aromatic nitrogens is 2. The van der Waals surface area contributed by atoms with Gasteiger partial charge >= 0.3 is 5.69 Å². The maximum Gasteiger partial charge on any atom is 0.330 e. The Hall–Kier alpha value is -2.22. The highest BCUT2D eigenvalue weighted by atomic mass is 32.1. The van der Waals surface area contributed by atoms with E-state index in [0.717, 1.165) is 19.5 Å². The third-order valence-corrected chi connectivity index (χ3v) is 5.16. The quantitative estimate of drug-likeness (QED) is 0.727. The summed E-state index contributed by atoms with van der Waals surface area (Å²) in [6, 6.07) is 9.97. The van der Waals surface area contributed by atoms with E-state index in [4.69, 9.17) is 0 Å². The van der Waals surface area contributed by atoms with E-state index in [1.165, 1.54) is 17.8 Å². The molecule has 0 radical (unpaired) electrons. The van der Waals surface area contributed by atoms with Crippen LogP contribution in [-0.4, -0.2) is 20.8 Å². The lowest BCUT2D eigenvalue weighted by Crippen LogP contribution is -2.39. The monoisotopic (exact) mass is 345 g/mol. The van der Waals surface area contributed by atoms with Crippen molar-refractivity contribution < 1.29 is 5.11 Å². The third kappa shape index (κ3) is 3.19. The Morgan fingerprint density at radius 1 is 1.25 bits per heavy atom. The Kier molecular flexibility index (Phi) is 4.66. The van der Waals surface area contributed by atoms with Gasteiger partial charge in [0.1, 0.15) is 6.10 Å². The summed E-state index contributed by atoms with van der Waals surface area (Å²) in [5.74, 6) is 0. The summed E-state index contributed by atoms with van der Waals surface area (Å²) >= 11 is 1.56. The second kappa shape index (κ2) is 6.72. The fraction of sp³-hybridized carbons (Fsp3) is 0.294. The molecule has 7 heteroatoms. The van der Waals surface area contributed by atoms with E-state index >= 15 is 0 Å². The molecule has 0 saturated heterocycles. The molecule has 2 heterocycles. The molecule has 1 atom stereocenters. The molecule has 0 saturated carbocycles. The first kappa shape index (κ1) is 16.6. The molecule has 3 rings (SSSR count). The largest absolute Gasteiger partial charge is 0.386 e. The van der Waals surface area contributed by atoms with E-state index in [0.29, 0.717) is 18.7 Å². The number of aliphatic hydroxyl groups is 1. The van der Waals surface area contributed by atoms with Crippen LogP contribution in [0, 0.1) is 0 Å². The zero-order chi connectivity index (χ0) is 17.3. The van der Waals surface area contributed by atoms with Gasteiger partial charge in [-0.2, -0.15) is 0 Å². The molecule has 0 amide bonds. The molecule has 0 bridgehead atoms. The highest BCUT2D eigenvalue weighted by molar-refractivity contribution is 7.19. The van der Waals surface area contributed by atoms with Gasteiger partial charge in [-0.25, -0.2) is 4.79 Å². The number of hydrogen-bond acceptors (Lipinski definition) is 5. The maximum atomic E-state index is 12.1. The normalized spacial score (nSPS) is 12.6. The summed E-state index contributed by atoms with van der Waals surface area (Å²) in [7, 11) is 3.07. The molecule has 0 aliphatic rings. The molecule has 0 aliphatic carbocycles. The number of benzene rings is 1. The first-order valence-electron chi connectivity index (χ1n) is 7.60. The van der Waals surface area contributed by atoms with Gasteiger partial charge in [-0.1, -0.05) is 18.2 Å². The smallest absolute Gasteiger partial charge is 0.330 e. The lowest BCUT2D eigenvalue weighted by molar-refractivity contribution is 0.178. The van der Waals surface area contributed by atoms with Gasteiger partial charge in [0.15, 0.2) is 0 Å². The van der Waals surface area contributed by atoms with Gasteiger partial charge in [0, 0.05) is 48.5 Å². The van der Waals surface area contributed by atoms with Crippen LogP contribution >= 0.6 is 11.3 Å². The fourth-order valence-corrected chi connectivity index (χ4v) is 3.67. The van der Waals surface area contributed by atoms with E-state index in [-0.39, 0.29) is 11.2 Å². The van der Waals surface area contributed by atoms with Gasteiger partial charge in [-0.05, 0) is 17.5 Å². The Morgan fingerprint density at radius 3 is 2.75 bits per heavy atom. The van der Waals surface area contributed by atoms with Crippen molar-refractivity contribution in [1.82, 2.24) is 14.5 Å². The van der Waals surface area contributed by atoms with E-state index < -0.39 is 6.10 Å². The van der Waals surface area contributed by atoms with Crippen molar-refractivity contribution in [2.75, 3.05) is 6.54 Å². The average Bonchev–Trinajstić information content (AvgIpc) is 3.01. The third-order valence-electron chi connectivity index (χ3n) is 3.94. The first-order chi connectivity index (χ1) is 11.5. The maximum absolute atomic E-state index is 12.1. The minimum absolute atomic E-state index is 0.294. The van der Waals surface area contributed by atoms with Gasteiger partial charge in [0.2, 0.25) is 0 Å². The number of aryl methyl sites for hydroxylation is 1. The van der Waals surface area contributed by atoms with Crippen LogP contribution in [0.15, 0.2) is 46.1 Å². The fourth-order valence-electron chi connectivity index (χ4n) is 2.62. The Balaban J connectivity index is 1.68. The first-order valence-corrected chi connectivity index (χ1v) is 8.42. The van der Waals surface area contributed by atoms with Gasteiger partial charge in [0.05, 0.1) is 0 Å².